The van der Waals surface area contributed by atoms with Gasteiger partial charge < -0.3 is 15.4 Å². The van der Waals surface area contributed by atoms with E-state index in [9.17, 15) is 14.4 Å². The van der Waals surface area contributed by atoms with Crippen LogP contribution in [-0.2, 0) is 27.2 Å². The van der Waals surface area contributed by atoms with E-state index in [0.29, 0.717) is 16.3 Å². The minimum absolute atomic E-state index is 0.245. The largest absolute Gasteiger partial charge is 0.452 e. The lowest BCUT2D eigenvalue weighted by Gasteiger charge is -2.13. The zero-order chi connectivity index (χ0) is 21.1. The topological polar surface area (TPSA) is 97.4 Å². The number of amides is 2. The first kappa shape index (κ1) is 20.0. The van der Waals surface area contributed by atoms with Crippen LogP contribution in [0.1, 0.15) is 40.6 Å². The van der Waals surface area contributed by atoms with Gasteiger partial charge in [0.15, 0.2) is 6.61 Å². The van der Waals surface area contributed by atoms with Crippen LogP contribution < -0.4 is 10.6 Å². The molecule has 30 heavy (non-hydrogen) atoms. The summed E-state index contributed by atoms with van der Waals surface area (Å²) < 4.78 is 5.31. The average Bonchev–Trinajstić information content (AvgIpc) is 3.09. The second kappa shape index (κ2) is 8.62. The normalized spacial score (nSPS) is 12.8. The molecule has 0 aliphatic heterocycles. The Morgan fingerprint density at radius 2 is 1.93 bits per heavy atom. The van der Waals surface area contributed by atoms with Gasteiger partial charge in [-0.25, -0.2) is 4.79 Å². The molecular weight excluding hydrogens is 402 g/mol. The van der Waals surface area contributed by atoms with E-state index in [1.54, 1.807) is 24.4 Å². The molecule has 0 unspecified atom stereocenters. The van der Waals surface area contributed by atoms with Crippen LogP contribution >= 0.6 is 11.3 Å². The number of carbonyl (C=O) groups is 3. The third-order valence-electron chi connectivity index (χ3n) is 4.92. The van der Waals surface area contributed by atoms with Crippen molar-refractivity contribution in [3.8, 4) is 0 Å². The standard InChI is InChI=1S/C22H21N3O4S/c1-13(26)24-21-20(15-6-2-3-10-18(15)30-21)22(28)29-12-19(27)25-17-9-4-8-16-14(17)7-5-11-23-16/h4-5,7-9,11H,2-3,6,10,12H2,1H3,(H,24,26)(H,25,27). The molecule has 1 aromatic carbocycles. The number of anilines is 2. The van der Waals surface area contributed by atoms with Gasteiger partial charge in [-0.1, -0.05) is 6.07 Å². The highest BCUT2D eigenvalue weighted by atomic mass is 32.1. The molecule has 0 saturated heterocycles. The Bertz CT molecular complexity index is 1130. The van der Waals surface area contributed by atoms with Crippen LogP contribution in [0.4, 0.5) is 10.7 Å². The quantitative estimate of drug-likeness (QED) is 0.606. The number of hydrogen-bond donors (Lipinski definition) is 2. The molecule has 2 amide bonds. The first-order chi connectivity index (χ1) is 14.5. The molecule has 0 spiro atoms. The molecule has 8 heteroatoms. The molecule has 7 nitrogen and oxygen atoms in total. The van der Waals surface area contributed by atoms with Crippen LogP contribution in [0, 0.1) is 0 Å². The summed E-state index contributed by atoms with van der Waals surface area (Å²) in [6, 6.07) is 9.08. The summed E-state index contributed by atoms with van der Waals surface area (Å²) in [5.41, 5.74) is 2.68. The van der Waals surface area contributed by atoms with Crippen molar-refractivity contribution in [2.24, 2.45) is 0 Å². The summed E-state index contributed by atoms with van der Waals surface area (Å²) in [5.74, 6) is -1.28. The van der Waals surface area contributed by atoms with E-state index < -0.39 is 18.5 Å². The number of carbonyl (C=O) groups excluding carboxylic acids is 3. The van der Waals surface area contributed by atoms with Crippen molar-refractivity contribution in [1.82, 2.24) is 4.98 Å². The second-order valence-electron chi connectivity index (χ2n) is 7.10. The van der Waals surface area contributed by atoms with Crippen molar-refractivity contribution in [1.29, 1.82) is 0 Å². The van der Waals surface area contributed by atoms with Crippen molar-refractivity contribution >= 4 is 50.7 Å². The predicted molar refractivity (Wildman–Crippen MR) is 116 cm³/mol. The van der Waals surface area contributed by atoms with Crippen molar-refractivity contribution < 1.29 is 19.1 Å². The Hall–Kier alpha value is -3.26. The number of fused-ring (bicyclic) bond motifs is 2. The monoisotopic (exact) mass is 423 g/mol. The molecule has 0 fully saturated rings. The number of esters is 1. The molecule has 2 heterocycles. The zero-order valence-corrected chi connectivity index (χ0v) is 17.3. The lowest BCUT2D eigenvalue weighted by atomic mass is 9.95. The van der Waals surface area contributed by atoms with Crippen LogP contribution in [0.15, 0.2) is 36.5 Å². The van der Waals surface area contributed by atoms with Crippen molar-refractivity contribution in [3.05, 3.63) is 52.5 Å². The Labute approximate surface area is 177 Å². The minimum atomic E-state index is -0.590. The highest BCUT2D eigenvalue weighted by Gasteiger charge is 2.27. The van der Waals surface area contributed by atoms with Crippen LogP contribution in [0.2, 0.25) is 0 Å². The Balaban J connectivity index is 1.47. The Morgan fingerprint density at radius 1 is 1.10 bits per heavy atom. The van der Waals surface area contributed by atoms with Gasteiger partial charge in [-0.15, -0.1) is 11.3 Å². The molecule has 2 aromatic heterocycles. The molecule has 0 bridgehead atoms. The predicted octanol–water partition coefficient (Wildman–Crippen LogP) is 3.93. The number of nitrogens with zero attached hydrogens (tertiary/aromatic N) is 1. The van der Waals surface area contributed by atoms with E-state index in [1.807, 2.05) is 12.1 Å². The maximum Gasteiger partial charge on any atom is 0.341 e. The molecule has 0 radical (unpaired) electrons. The van der Waals surface area contributed by atoms with Gasteiger partial charge >= 0.3 is 5.97 Å². The summed E-state index contributed by atoms with van der Waals surface area (Å²) in [6.45, 7) is 0.986. The third-order valence-corrected chi connectivity index (χ3v) is 6.13. The number of pyridine rings is 1. The number of ether oxygens (including phenoxy) is 1. The lowest BCUT2D eigenvalue weighted by Crippen LogP contribution is -2.22. The SMILES string of the molecule is CC(=O)Nc1sc2c(c1C(=O)OCC(=O)Nc1cccc3ncccc13)CCCC2. The summed E-state index contributed by atoms with van der Waals surface area (Å²) in [6.07, 6.45) is 5.38. The molecular formula is C22H21N3O4S. The molecule has 0 atom stereocenters. The molecule has 3 aromatic rings. The molecule has 0 saturated carbocycles. The van der Waals surface area contributed by atoms with Crippen molar-refractivity contribution in [2.45, 2.75) is 32.6 Å². The van der Waals surface area contributed by atoms with Gasteiger partial charge in [0.1, 0.15) is 5.00 Å². The fraction of sp³-hybridized carbons (Fsp3) is 0.273. The molecule has 1 aliphatic carbocycles. The maximum absolute atomic E-state index is 12.8. The van der Waals surface area contributed by atoms with E-state index in [4.69, 9.17) is 4.74 Å². The van der Waals surface area contributed by atoms with E-state index in [2.05, 4.69) is 15.6 Å². The molecule has 4 rings (SSSR count). The number of aromatic nitrogens is 1. The summed E-state index contributed by atoms with van der Waals surface area (Å²) in [7, 11) is 0. The van der Waals surface area contributed by atoms with E-state index in [-0.39, 0.29) is 5.91 Å². The number of nitrogens with one attached hydrogen (secondary N) is 2. The van der Waals surface area contributed by atoms with E-state index in [0.717, 1.165) is 47.0 Å². The van der Waals surface area contributed by atoms with Gasteiger partial charge in [0.25, 0.3) is 5.91 Å². The van der Waals surface area contributed by atoms with Crippen molar-refractivity contribution in [3.63, 3.8) is 0 Å². The smallest absolute Gasteiger partial charge is 0.341 e. The first-order valence-corrected chi connectivity index (χ1v) is 10.6. The van der Waals surface area contributed by atoms with Gasteiger partial charge in [-0.2, -0.15) is 0 Å². The summed E-state index contributed by atoms with van der Waals surface area (Å²) in [5, 5.41) is 6.81. The van der Waals surface area contributed by atoms with Gasteiger partial charge in [-0.05, 0) is 55.5 Å². The number of rotatable bonds is 5. The fourth-order valence-electron chi connectivity index (χ4n) is 3.63. The second-order valence-corrected chi connectivity index (χ2v) is 8.20. The van der Waals surface area contributed by atoms with Crippen molar-refractivity contribution in [2.75, 3.05) is 17.2 Å². The molecule has 154 valence electrons. The summed E-state index contributed by atoms with van der Waals surface area (Å²) in [4.78, 5) is 42.1. The number of thiophene rings is 1. The highest BCUT2D eigenvalue weighted by molar-refractivity contribution is 7.17. The fourth-order valence-corrected chi connectivity index (χ4v) is 4.96. The Morgan fingerprint density at radius 3 is 2.77 bits per heavy atom. The first-order valence-electron chi connectivity index (χ1n) is 9.76. The van der Waals surface area contributed by atoms with Crippen LogP contribution in [-0.4, -0.2) is 29.4 Å². The number of hydrogen-bond acceptors (Lipinski definition) is 6. The van der Waals surface area contributed by atoms with Crippen LogP contribution in [0.3, 0.4) is 0 Å². The lowest BCUT2D eigenvalue weighted by molar-refractivity contribution is -0.119. The van der Waals surface area contributed by atoms with Gasteiger partial charge in [0, 0.05) is 23.4 Å². The Kier molecular flexibility index (Phi) is 5.76. The summed E-state index contributed by atoms with van der Waals surface area (Å²) >= 11 is 1.42. The molecule has 1 aliphatic rings. The van der Waals surface area contributed by atoms with Crippen LogP contribution in [0.25, 0.3) is 10.9 Å². The van der Waals surface area contributed by atoms with E-state index >= 15 is 0 Å². The average molecular weight is 423 g/mol. The third kappa shape index (κ3) is 4.18. The minimum Gasteiger partial charge on any atom is -0.452 e. The van der Waals surface area contributed by atoms with E-state index in [1.165, 1.54) is 18.3 Å². The number of aryl methyl sites for hydroxylation is 1. The molecule has 2 N–H and O–H groups in total. The van der Waals surface area contributed by atoms with Gasteiger partial charge in [-0.3, -0.25) is 14.6 Å². The van der Waals surface area contributed by atoms with Crippen LogP contribution in [0.5, 0.6) is 0 Å². The number of benzene rings is 1. The zero-order valence-electron chi connectivity index (χ0n) is 16.5. The van der Waals surface area contributed by atoms with Gasteiger partial charge in [0.2, 0.25) is 5.91 Å². The highest BCUT2D eigenvalue weighted by Crippen LogP contribution is 2.38. The maximum atomic E-state index is 12.8. The van der Waals surface area contributed by atoms with Gasteiger partial charge in [0.05, 0.1) is 16.8 Å².